The minimum atomic E-state index is 0.581. The van der Waals surface area contributed by atoms with Crippen LogP contribution in [0.5, 0.6) is 0 Å². The van der Waals surface area contributed by atoms with Crippen LogP contribution in [0.25, 0.3) is 0 Å². The Labute approximate surface area is 93.8 Å². The predicted octanol–water partition coefficient (Wildman–Crippen LogP) is 3.73. The maximum Gasteiger partial charge on any atom is 0.0823 e. The summed E-state index contributed by atoms with van der Waals surface area (Å²) < 4.78 is 0. The second-order valence-electron chi connectivity index (χ2n) is 2.61. The minimum Gasteiger partial charge on any atom is -0.384 e. The first-order chi connectivity index (χ1) is 6.25. The van der Waals surface area contributed by atoms with Gasteiger partial charge in [-0.3, -0.25) is 0 Å². The first kappa shape index (κ1) is 11.0. The summed E-state index contributed by atoms with van der Waals surface area (Å²) in [4.78, 5) is 0. The Hall–Kier alpha value is -0.0500. The smallest absolute Gasteiger partial charge is 0.0823 e. The number of halogens is 2. The van der Waals surface area contributed by atoms with Gasteiger partial charge in [0.2, 0.25) is 0 Å². The van der Waals surface area contributed by atoms with Crippen LogP contribution < -0.4 is 5.32 Å². The van der Waals surface area contributed by atoms with Gasteiger partial charge in [0.15, 0.2) is 0 Å². The van der Waals surface area contributed by atoms with E-state index in [1.807, 2.05) is 12.1 Å². The summed E-state index contributed by atoms with van der Waals surface area (Å²) in [5, 5.41) is 4.36. The molecule has 1 aromatic rings. The molecule has 0 atom stereocenters. The molecule has 0 fully saturated rings. The number of hydrogen-bond donors (Lipinski definition) is 2. The van der Waals surface area contributed by atoms with Crippen molar-refractivity contribution in [3.8, 4) is 0 Å². The monoisotopic (exact) mass is 235 g/mol. The van der Waals surface area contributed by atoms with Gasteiger partial charge in [0.25, 0.3) is 0 Å². The van der Waals surface area contributed by atoms with Crippen LogP contribution in [-0.4, -0.2) is 12.3 Å². The molecule has 0 radical (unpaired) electrons. The summed E-state index contributed by atoms with van der Waals surface area (Å²) >= 11 is 15.9. The van der Waals surface area contributed by atoms with Crippen molar-refractivity contribution in [1.29, 1.82) is 0 Å². The fourth-order valence-electron chi connectivity index (χ4n) is 0.942. The largest absolute Gasteiger partial charge is 0.384 e. The molecule has 0 amide bonds. The van der Waals surface area contributed by atoms with Crippen molar-refractivity contribution in [2.45, 2.75) is 6.42 Å². The van der Waals surface area contributed by atoms with E-state index in [4.69, 9.17) is 23.2 Å². The summed E-state index contributed by atoms with van der Waals surface area (Å²) in [5.74, 6) is 0.866. The van der Waals surface area contributed by atoms with Crippen LogP contribution in [0.15, 0.2) is 18.2 Å². The number of hydrogen-bond acceptors (Lipinski definition) is 2. The zero-order chi connectivity index (χ0) is 9.68. The fourth-order valence-corrected chi connectivity index (χ4v) is 1.47. The standard InChI is InChI=1S/C9H11Cl2NS/c10-7-3-1-4-8(9(7)11)12-5-2-6-13/h1,3-4,12-13H,2,5-6H2. The Morgan fingerprint density at radius 1 is 1.31 bits per heavy atom. The van der Waals surface area contributed by atoms with E-state index in [0.29, 0.717) is 10.0 Å². The van der Waals surface area contributed by atoms with Gasteiger partial charge in [-0.15, -0.1) is 0 Å². The van der Waals surface area contributed by atoms with Crippen LogP contribution in [0.2, 0.25) is 10.0 Å². The molecule has 0 aliphatic carbocycles. The summed E-state index contributed by atoms with van der Waals surface area (Å²) in [6.45, 7) is 0.865. The molecule has 13 heavy (non-hydrogen) atoms. The van der Waals surface area contributed by atoms with E-state index in [-0.39, 0.29) is 0 Å². The maximum atomic E-state index is 5.96. The summed E-state index contributed by atoms with van der Waals surface area (Å²) in [7, 11) is 0. The highest BCUT2D eigenvalue weighted by molar-refractivity contribution is 7.80. The first-order valence-electron chi connectivity index (χ1n) is 4.04. The number of benzene rings is 1. The number of rotatable bonds is 4. The van der Waals surface area contributed by atoms with Crippen LogP contribution in [0.3, 0.4) is 0 Å². The zero-order valence-electron chi connectivity index (χ0n) is 7.06. The molecule has 1 aromatic carbocycles. The van der Waals surface area contributed by atoms with E-state index in [2.05, 4.69) is 17.9 Å². The molecule has 0 aromatic heterocycles. The molecule has 4 heteroatoms. The van der Waals surface area contributed by atoms with Crippen LogP contribution in [0.1, 0.15) is 6.42 Å². The van der Waals surface area contributed by atoms with Crippen molar-refractivity contribution in [3.63, 3.8) is 0 Å². The molecule has 0 saturated carbocycles. The lowest BCUT2D eigenvalue weighted by molar-refractivity contribution is 0.995. The molecule has 0 heterocycles. The van der Waals surface area contributed by atoms with Crippen LogP contribution in [0.4, 0.5) is 5.69 Å². The highest BCUT2D eigenvalue weighted by atomic mass is 35.5. The summed E-state index contributed by atoms with van der Waals surface area (Å²) in [6.07, 6.45) is 1.01. The second kappa shape index (κ2) is 5.63. The minimum absolute atomic E-state index is 0.581. The van der Waals surface area contributed by atoms with Gasteiger partial charge in [-0.1, -0.05) is 29.3 Å². The quantitative estimate of drug-likeness (QED) is 0.599. The Morgan fingerprint density at radius 3 is 2.77 bits per heavy atom. The first-order valence-corrected chi connectivity index (χ1v) is 5.43. The van der Waals surface area contributed by atoms with E-state index >= 15 is 0 Å². The Morgan fingerprint density at radius 2 is 2.08 bits per heavy atom. The molecule has 0 aliphatic heterocycles. The number of nitrogens with one attached hydrogen (secondary N) is 1. The molecule has 0 unspecified atom stereocenters. The fraction of sp³-hybridized carbons (Fsp3) is 0.333. The van der Waals surface area contributed by atoms with Crippen molar-refractivity contribution < 1.29 is 0 Å². The van der Waals surface area contributed by atoms with Gasteiger partial charge in [-0.2, -0.15) is 12.6 Å². The molecule has 72 valence electrons. The molecule has 0 saturated heterocycles. The van der Waals surface area contributed by atoms with Gasteiger partial charge < -0.3 is 5.32 Å². The molecular formula is C9H11Cl2NS. The molecule has 0 bridgehead atoms. The Balaban J connectivity index is 2.61. The molecule has 0 spiro atoms. The van der Waals surface area contributed by atoms with Gasteiger partial charge in [0.1, 0.15) is 0 Å². The number of anilines is 1. The summed E-state index contributed by atoms with van der Waals surface area (Å²) in [6, 6.07) is 5.55. The van der Waals surface area contributed by atoms with Gasteiger partial charge >= 0.3 is 0 Å². The highest BCUT2D eigenvalue weighted by Gasteiger charge is 2.02. The molecule has 1 nitrogen and oxygen atoms in total. The van der Waals surface area contributed by atoms with E-state index in [1.54, 1.807) is 6.07 Å². The summed E-state index contributed by atoms with van der Waals surface area (Å²) in [5.41, 5.74) is 0.885. The maximum absolute atomic E-state index is 5.96. The van der Waals surface area contributed by atoms with Gasteiger partial charge in [-0.25, -0.2) is 0 Å². The van der Waals surface area contributed by atoms with Gasteiger partial charge in [0, 0.05) is 6.54 Å². The van der Waals surface area contributed by atoms with Crippen molar-refractivity contribution >= 4 is 41.5 Å². The van der Waals surface area contributed by atoms with Crippen LogP contribution >= 0.6 is 35.8 Å². The lowest BCUT2D eigenvalue weighted by atomic mass is 10.3. The average molecular weight is 236 g/mol. The Bertz CT molecular complexity index is 278. The van der Waals surface area contributed by atoms with Crippen molar-refractivity contribution in [3.05, 3.63) is 28.2 Å². The molecular weight excluding hydrogens is 225 g/mol. The molecule has 1 N–H and O–H groups in total. The second-order valence-corrected chi connectivity index (χ2v) is 3.84. The van der Waals surface area contributed by atoms with Gasteiger partial charge in [-0.05, 0) is 24.3 Å². The Kier molecular flexibility index (Phi) is 4.78. The van der Waals surface area contributed by atoms with E-state index in [0.717, 1.165) is 24.4 Å². The van der Waals surface area contributed by atoms with E-state index in [1.165, 1.54) is 0 Å². The average Bonchev–Trinajstić information content (AvgIpc) is 2.13. The van der Waals surface area contributed by atoms with Gasteiger partial charge in [0.05, 0.1) is 15.7 Å². The van der Waals surface area contributed by atoms with E-state index in [9.17, 15) is 0 Å². The SMILES string of the molecule is SCCCNc1cccc(Cl)c1Cl. The third-order valence-corrected chi connectivity index (χ3v) is 2.74. The third-order valence-electron chi connectivity index (χ3n) is 1.60. The van der Waals surface area contributed by atoms with Crippen molar-refractivity contribution in [1.82, 2.24) is 0 Å². The van der Waals surface area contributed by atoms with Crippen LogP contribution in [-0.2, 0) is 0 Å². The molecule has 0 aliphatic rings. The number of thiol groups is 1. The normalized spacial score (nSPS) is 10.1. The zero-order valence-corrected chi connectivity index (χ0v) is 9.46. The predicted molar refractivity (Wildman–Crippen MR) is 63.4 cm³/mol. The van der Waals surface area contributed by atoms with Crippen LogP contribution in [0, 0.1) is 0 Å². The van der Waals surface area contributed by atoms with Crippen molar-refractivity contribution in [2.24, 2.45) is 0 Å². The molecule has 1 rings (SSSR count). The lowest BCUT2D eigenvalue weighted by Gasteiger charge is -2.07. The lowest BCUT2D eigenvalue weighted by Crippen LogP contribution is -2.02. The van der Waals surface area contributed by atoms with Crippen molar-refractivity contribution in [2.75, 3.05) is 17.6 Å². The third kappa shape index (κ3) is 3.29. The topological polar surface area (TPSA) is 12.0 Å². The van der Waals surface area contributed by atoms with E-state index < -0.39 is 0 Å². The highest BCUT2D eigenvalue weighted by Crippen LogP contribution is 2.29.